The minimum Gasteiger partial charge on any atom is -0.321 e. The summed E-state index contributed by atoms with van der Waals surface area (Å²) in [6.07, 6.45) is 11.5. The number of carbonyl (C=O) groups excluding carboxylic acids is 1. The Labute approximate surface area is 87.8 Å². The molecule has 1 radical (unpaired) electrons. The molecule has 4 heteroatoms. The van der Waals surface area contributed by atoms with Crippen LogP contribution in [0, 0.1) is 6.42 Å². The van der Waals surface area contributed by atoms with E-state index in [2.05, 4.69) is 15.3 Å². The van der Waals surface area contributed by atoms with Gasteiger partial charge in [0.25, 0.3) is 5.91 Å². The number of amides is 1. The van der Waals surface area contributed by atoms with E-state index in [1.807, 2.05) is 24.6 Å². The van der Waals surface area contributed by atoms with Gasteiger partial charge in [-0.3, -0.25) is 4.79 Å². The number of carbonyl (C=O) groups is 1. The molecule has 0 aromatic carbocycles. The van der Waals surface area contributed by atoms with Crippen molar-refractivity contribution in [3.63, 3.8) is 0 Å². The van der Waals surface area contributed by atoms with E-state index < -0.39 is 0 Å². The number of hydrogen-bond acceptors (Lipinski definition) is 3. The normalized spacial score (nSPS) is 14.5. The van der Waals surface area contributed by atoms with Crippen LogP contribution in [0.15, 0.2) is 42.5 Å². The molecule has 1 aliphatic carbocycles. The third kappa shape index (κ3) is 2.49. The van der Waals surface area contributed by atoms with Crippen LogP contribution in [0.5, 0.6) is 0 Å². The summed E-state index contributed by atoms with van der Waals surface area (Å²) in [5.41, 5.74) is 1.15. The highest BCUT2D eigenvalue weighted by atomic mass is 16.1. The van der Waals surface area contributed by atoms with Crippen molar-refractivity contribution in [2.24, 2.45) is 0 Å². The summed E-state index contributed by atoms with van der Waals surface area (Å²) in [5.74, 6) is -0.219. The van der Waals surface area contributed by atoms with Crippen LogP contribution in [0.4, 0.5) is 0 Å². The quantitative estimate of drug-likeness (QED) is 0.781. The molecule has 0 spiro atoms. The molecule has 75 valence electrons. The Kier molecular flexibility index (Phi) is 2.88. The van der Waals surface area contributed by atoms with Crippen molar-refractivity contribution in [3.05, 3.63) is 54.6 Å². The van der Waals surface area contributed by atoms with E-state index in [0.717, 1.165) is 12.1 Å². The zero-order valence-corrected chi connectivity index (χ0v) is 8.05. The van der Waals surface area contributed by atoms with E-state index in [-0.39, 0.29) is 5.91 Å². The Morgan fingerprint density at radius 3 is 3.07 bits per heavy atom. The van der Waals surface area contributed by atoms with E-state index in [1.54, 1.807) is 12.3 Å². The van der Waals surface area contributed by atoms with Gasteiger partial charge in [-0.05, 0) is 25.0 Å². The van der Waals surface area contributed by atoms with Crippen LogP contribution in [0.2, 0.25) is 0 Å². The maximum Gasteiger partial charge on any atom is 0.274 e. The van der Waals surface area contributed by atoms with Crippen LogP contribution in [0.3, 0.4) is 0 Å². The van der Waals surface area contributed by atoms with Crippen molar-refractivity contribution in [3.8, 4) is 0 Å². The summed E-state index contributed by atoms with van der Waals surface area (Å²) in [4.78, 5) is 19.2. The molecule has 15 heavy (non-hydrogen) atoms. The summed E-state index contributed by atoms with van der Waals surface area (Å²) < 4.78 is 0. The van der Waals surface area contributed by atoms with Gasteiger partial charge in [-0.25, -0.2) is 9.97 Å². The molecule has 0 bridgehead atoms. The lowest BCUT2D eigenvalue weighted by Gasteiger charge is -2.07. The third-order valence-electron chi connectivity index (χ3n) is 1.94. The largest absolute Gasteiger partial charge is 0.321 e. The SMILES string of the molecule is O=C(NC1=C[CH]CC=C1)c1ccncn1. The molecule has 0 saturated carbocycles. The van der Waals surface area contributed by atoms with Crippen LogP contribution in [-0.2, 0) is 0 Å². The molecule has 0 saturated heterocycles. The van der Waals surface area contributed by atoms with Gasteiger partial charge >= 0.3 is 0 Å². The monoisotopic (exact) mass is 200 g/mol. The van der Waals surface area contributed by atoms with Crippen LogP contribution in [-0.4, -0.2) is 15.9 Å². The predicted molar refractivity (Wildman–Crippen MR) is 55.6 cm³/mol. The van der Waals surface area contributed by atoms with Crippen molar-refractivity contribution in [2.75, 3.05) is 0 Å². The molecule has 0 unspecified atom stereocenters. The highest BCUT2D eigenvalue weighted by molar-refractivity contribution is 5.93. The fraction of sp³-hybridized carbons (Fsp3) is 0.0909. The highest BCUT2D eigenvalue weighted by Crippen LogP contribution is 2.06. The van der Waals surface area contributed by atoms with Crippen molar-refractivity contribution < 1.29 is 4.79 Å². The van der Waals surface area contributed by atoms with Gasteiger partial charge in [-0.1, -0.05) is 12.2 Å². The summed E-state index contributed by atoms with van der Waals surface area (Å²) in [5, 5.41) is 2.75. The van der Waals surface area contributed by atoms with Crippen LogP contribution in [0.25, 0.3) is 0 Å². The first-order chi connectivity index (χ1) is 7.36. The van der Waals surface area contributed by atoms with Crippen molar-refractivity contribution >= 4 is 5.91 Å². The van der Waals surface area contributed by atoms with Crippen molar-refractivity contribution in [1.82, 2.24) is 15.3 Å². The van der Waals surface area contributed by atoms with Gasteiger partial charge in [-0.15, -0.1) is 0 Å². The molecule has 1 heterocycles. The Bertz CT molecular complexity index is 409. The molecule has 1 aromatic rings. The van der Waals surface area contributed by atoms with E-state index in [9.17, 15) is 4.79 Å². The molecule has 4 nitrogen and oxygen atoms in total. The smallest absolute Gasteiger partial charge is 0.274 e. The second kappa shape index (κ2) is 4.50. The number of nitrogens with zero attached hydrogens (tertiary/aromatic N) is 2. The van der Waals surface area contributed by atoms with Gasteiger partial charge in [-0.2, -0.15) is 0 Å². The van der Waals surface area contributed by atoms with Gasteiger partial charge in [0.05, 0.1) is 0 Å². The Hall–Kier alpha value is -1.97. The summed E-state index contributed by atoms with van der Waals surface area (Å²) in [6.45, 7) is 0. The lowest BCUT2D eigenvalue weighted by molar-refractivity contribution is 0.0962. The topological polar surface area (TPSA) is 54.9 Å². The minimum atomic E-state index is -0.219. The Morgan fingerprint density at radius 1 is 1.47 bits per heavy atom. The Morgan fingerprint density at radius 2 is 2.40 bits per heavy atom. The molecule has 2 rings (SSSR count). The minimum absolute atomic E-state index is 0.219. The van der Waals surface area contributed by atoms with E-state index >= 15 is 0 Å². The third-order valence-corrected chi connectivity index (χ3v) is 1.94. The summed E-state index contributed by atoms with van der Waals surface area (Å²) in [6, 6.07) is 1.58. The van der Waals surface area contributed by atoms with Gasteiger partial charge in [0.15, 0.2) is 0 Å². The number of allylic oxidation sites excluding steroid dienone is 3. The molecule has 0 fully saturated rings. The highest BCUT2D eigenvalue weighted by Gasteiger charge is 2.07. The molecule has 0 atom stereocenters. The molecule has 1 aliphatic rings. The van der Waals surface area contributed by atoms with Crippen molar-refractivity contribution in [1.29, 1.82) is 0 Å². The molecule has 0 aliphatic heterocycles. The number of rotatable bonds is 2. The first-order valence-electron chi connectivity index (χ1n) is 4.63. The molecule has 1 aromatic heterocycles. The number of nitrogens with one attached hydrogen (secondary N) is 1. The fourth-order valence-corrected chi connectivity index (χ4v) is 1.23. The van der Waals surface area contributed by atoms with Gasteiger partial charge < -0.3 is 5.32 Å². The van der Waals surface area contributed by atoms with E-state index in [4.69, 9.17) is 0 Å². The average molecular weight is 200 g/mol. The lowest BCUT2D eigenvalue weighted by Crippen LogP contribution is -2.23. The lowest BCUT2D eigenvalue weighted by atomic mass is 10.1. The number of hydrogen-bond donors (Lipinski definition) is 1. The first kappa shape index (κ1) is 9.58. The van der Waals surface area contributed by atoms with Crippen LogP contribution >= 0.6 is 0 Å². The van der Waals surface area contributed by atoms with Gasteiger partial charge in [0, 0.05) is 11.9 Å². The van der Waals surface area contributed by atoms with Gasteiger partial charge in [0.2, 0.25) is 0 Å². The summed E-state index contributed by atoms with van der Waals surface area (Å²) in [7, 11) is 0. The first-order valence-corrected chi connectivity index (χ1v) is 4.63. The maximum absolute atomic E-state index is 11.6. The van der Waals surface area contributed by atoms with E-state index in [1.165, 1.54) is 6.33 Å². The van der Waals surface area contributed by atoms with Crippen LogP contribution < -0.4 is 5.32 Å². The summed E-state index contributed by atoms with van der Waals surface area (Å²) >= 11 is 0. The molecule has 1 amide bonds. The second-order valence-corrected chi connectivity index (χ2v) is 3.04. The van der Waals surface area contributed by atoms with Gasteiger partial charge in [0.1, 0.15) is 12.0 Å². The average Bonchev–Trinajstić information content (AvgIpc) is 2.31. The zero-order valence-electron chi connectivity index (χ0n) is 8.05. The Balaban J connectivity index is 2.04. The van der Waals surface area contributed by atoms with Crippen LogP contribution in [0.1, 0.15) is 16.9 Å². The molecular formula is C11H10N3O. The zero-order chi connectivity index (χ0) is 10.5. The predicted octanol–water partition coefficient (Wildman–Crippen LogP) is 1.25. The van der Waals surface area contributed by atoms with Crippen molar-refractivity contribution in [2.45, 2.75) is 6.42 Å². The maximum atomic E-state index is 11.6. The number of aromatic nitrogens is 2. The van der Waals surface area contributed by atoms with E-state index in [0.29, 0.717) is 5.69 Å². The second-order valence-electron chi connectivity index (χ2n) is 3.04. The molecular weight excluding hydrogens is 190 g/mol. The molecule has 1 N–H and O–H groups in total. The fourth-order valence-electron chi connectivity index (χ4n) is 1.23. The standard InChI is InChI=1S/C11H10N3O/c15-11(10-6-7-12-8-13-10)14-9-4-2-1-3-5-9/h2-8H,1H2,(H,14,15).